The average Bonchev–Trinajstić information content (AvgIpc) is 1.74. The minimum absolute atomic E-state index is 0.00927. The fourth-order valence-electron chi connectivity index (χ4n) is 15.9. The molecule has 0 aromatic rings. The summed E-state index contributed by atoms with van der Waals surface area (Å²) in [6.45, 7) is 22.3. The number of rotatable bonds is 44. The molecule has 10 rings (SSSR count). The maximum absolute atomic E-state index is 11.8. The van der Waals surface area contributed by atoms with Gasteiger partial charge in [-0.1, -0.05) is 19.3 Å². The second-order valence-corrected chi connectivity index (χ2v) is 34.6. The quantitative estimate of drug-likeness (QED) is 0.0221. The summed E-state index contributed by atoms with van der Waals surface area (Å²) in [6, 6.07) is 0. The molecule has 10 heterocycles. The maximum Gasteiger partial charge on any atom is 0.332 e. The summed E-state index contributed by atoms with van der Waals surface area (Å²) in [5.41, 5.74) is 0. The van der Waals surface area contributed by atoms with Crippen LogP contribution < -0.4 is 21.3 Å². The summed E-state index contributed by atoms with van der Waals surface area (Å²) in [5.74, 6) is -9.08. The second-order valence-electron chi connectivity index (χ2n) is 34.6. The van der Waals surface area contributed by atoms with E-state index in [-0.39, 0.29) is 71.1 Å². The van der Waals surface area contributed by atoms with Crippen molar-refractivity contribution in [1.82, 2.24) is 70.3 Å². The first-order valence-electron chi connectivity index (χ1n) is 49.1. The molecule has 146 heavy (non-hydrogen) atoms. The highest BCUT2D eigenvalue weighted by Crippen LogP contribution is 2.23. The van der Waals surface area contributed by atoms with Crippen LogP contribution >= 0.6 is 0 Å². The maximum atomic E-state index is 11.8. The molecule has 0 radical (unpaired) electrons. The van der Waals surface area contributed by atoms with E-state index in [2.05, 4.69) is 30.7 Å². The first-order valence-corrected chi connectivity index (χ1v) is 49.1. The molecular formula is C98H142N14O34. The van der Waals surface area contributed by atoms with Crippen molar-refractivity contribution in [1.29, 1.82) is 0 Å². The van der Waals surface area contributed by atoms with Crippen LogP contribution in [0.25, 0.3) is 0 Å². The molecule has 8 unspecified atom stereocenters. The summed E-state index contributed by atoms with van der Waals surface area (Å²) in [5, 5.41) is 27.1. The Morgan fingerprint density at radius 3 is 0.747 bits per heavy atom. The predicted molar refractivity (Wildman–Crippen MR) is 514 cm³/mol. The number of ether oxygens (including phenoxy) is 8. The third-order valence-corrected chi connectivity index (χ3v) is 23.5. The fourth-order valence-corrected chi connectivity index (χ4v) is 15.9. The molecule has 10 saturated heterocycles. The van der Waals surface area contributed by atoms with Gasteiger partial charge >= 0.3 is 59.7 Å². The summed E-state index contributed by atoms with van der Waals surface area (Å²) >= 11 is 0. The normalized spacial score (nSPS) is 18.3. The van der Waals surface area contributed by atoms with Crippen molar-refractivity contribution in [3.63, 3.8) is 0 Å². The molecule has 48 heteroatoms. The standard InChI is InChI=1S/C24H39N3O5.C16H23N3O5.C16H22N2O6.C11H16N2O4.C11H15NO5.C10H14N2O4.C10H13NO5/c28-21(25-15-5-1-2-6-16-26-18-9-11-22(26)29)13-14-24(31)32-20-8-4-3-7-17-27-19-10-12-23(27)30;1-11(18-9-3-5-14(18)21)17-13(20)7-8-16(23)24-12(2)19-10-4-6-15(19)22;1-11(17-9-3-5-13(17)19)23-15(21)7-8-16(22)24-12(2)18-10-4-6-14(18)20;1-8(13-7-3-4-10(13)15)12-9(14)5-6-11(16)17-2;1-8(12-7-3-4-9(12)13)17-11(15)6-5-10(14)16-2;1-7(12-6-2-3-9(12)14)11-8(13)4-5-10(15)16;1-7(11-6-2-3-8(11)12)16-10(15)5-4-9(13)14/h13-14H,1-12,15-20H2,(H,25,28);7-8,11-12H,3-6,9-10H2,1-2H3,(H,17,20);7-8,11-12H,3-6,9-10H2,1-2H3;5-6,8H,3-4,7H2,1-2H3,(H,12,14);5-6,8H,3-4,7H2,1-2H3;4-5,7H,2-3,6H2,1H3,(H,11,13)(H,15,16);4-5,7H,2-3,6H2,1H3,(H,13,14). The van der Waals surface area contributed by atoms with Crippen LogP contribution in [0.1, 0.15) is 235 Å². The number of carbonyl (C=O) groups is 24. The summed E-state index contributed by atoms with van der Waals surface area (Å²) in [4.78, 5) is 288. The Hall–Kier alpha value is -14.5. The highest BCUT2D eigenvalue weighted by Gasteiger charge is 2.35. The van der Waals surface area contributed by atoms with E-state index in [4.69, 9.17) is 38.6 Å². The molecule has 0 spiro atoms. The number of aliphatic carboxylic acids is 2. The van der Waals surface area contributed by atoms with Gasteiger partial charge in [0, 0.05) is 234 Å². The number of amides is 14. The molecule has 0 saturated carbocycles. The van der Waals surface area contributed by atoms with E-state index >= 15 is 0 Å². The molecule has 0 aliphatic carbocycles. The lowest BCUT2D eigenvalue weighted by molar-refractivity contribution is -0.159. The van der Waals surface area contributed by atoms with Crippen LogP contribution in [0, 0.1) is 0 Å². The monoisotopic (exact) mass is 2060 g/mol. The lowest BCUT2D eigenvalue weighted by Gasteiger charge is -2.24. The van der Waals surface area contributed by atoms with Crippen molar-refractivity contribution in [2.24, 2.45) is 0 Å². The highest BCUT2D eigenvalue weighted by atomic mass is 16.6. The third-order valence-electron chi connectivity index (χ3n) is 23.5. The number of unbranched alkanes of at least 4 members (excludes halogenated alkanes) is 6. The van der Waals surface area contributed by atoms with Crippen LogP contribution in [0.3, 0.4) is 0 Å². The molecule has 10 fully saturated rings. The Morgan fingerprint density at radius 1 is 0.260 bits per heavy atom. The third kappa shape index (κ3) is 49.2. The number of nitrogens with zero attached hydrogens (tertiary/aromatic N) is 10. The van der Waals surface area contributed by atoms with Gasteiger partial charge < -0.3 is 118 Å². The molecule has 0 bridgehead atoms. The van der Waals surface area contributed by atoms with Gasteiger partial charge in [-0.2, -0.15) is 0 Å². The Bertz CT molecular complexity index is 4360. The topological polar surface area (TPSA) is 605 Å². The van der Waals surface area contributed by atoms with Gasteiger partial charge in [0.05, 0.1) is 20.8 Å². The molecule has 8 atom stereocenters. The second kappa shape index (κ2) is 67.9. The van der Waals surface area contributed by atoms with Gasteiger partial charge in [0.1, 0.15) is 18.5 Å². The number of nitrogens with one attached hydrogen (secondary N) is 4. The number of carbonyl (C=O) groups excluding carboxylic acids is 22. The smallest absolute Gasteiger partial charge is 0.332 e. The highest BCUT2D eigenvalue weighted by molar-refractivity contribution is 5.98. The van der Waals surface area contributed by atoms with Gasteiger partial charge in [-0.05, 0) is 152 Å². The van der Waals surface area contributed by atoms with Crippen molar-refractivity contribution >= 4 is 142 Å². The van der Waals surface area contributed by atoms with Crippen LogP contribution in [0.4, 0.5) is 0 Å². The van der Waals surface area contributed by atoms with Gasteiger partial charge in [0.15, 0.2) is 31.1 Å². The Kier molecular flexibility index (Phi) is 57.5. The number of hydrogen-bond donors (Lipinski definition) is 6. The van der Waals surface area contributed by atoms with E-state index in [1.165, 1.54) is 50.9 Å². The molecule has 6 N–H and O–H groups in total. The largest absolute Gasteiger partial charge is 0.478 e. The molecule has 10 aliphatic heterocycles. The van der Waals surface area contributed by atoms with Crippen LogP contribution in [0.15, 0.2) is 85.1 Å². The average molecular weight is 2060 g/mol. The lowest BCUT2D eigenvalue weighted by Crippen LogP contribution is -2.46. The van der Waals surface area contributed by atoms with Gasteiger partial charge in [0.2, 0.25) is 82.7 Å². The lowest BCUT2D eigenvalue weighted by atomic mass is 10.2. The number of hydrogen-bond acceptors (Lipinski definition) is 32. The first-order chi connectivity index (χ1) is 69.4. The van der Waals surface area contributed by atoms with E-state index in [9.17, 15) is 115 Å². The van der Waals surface area contributed by atoms with Crippen LogP contribution in [-0.4, -0.2) is 357 Å². The van der Waals surface area contributed by atoms with Crippen molar-refractivity contribution in [3.8, 4) is 0 Å². The van der Waals surface area contributed by atoms with Crippen LogP contribution in [0.2, 0.25) is 0 Å². The van der Waals surface area contributed by atoms with Crippen molar-refractivity contribution in [3.05, 3.63) is 85.1 Å². The predicted octanol–water partition coefficient (Wildman–Crippen LogP) is 3.15. The molecule has 10 aliphatic rings. The van der Waals surface area contributed by atoms with Gasteiger partial charge in [-0.25, -0.2) is 47.9 Å². The number of methoxy groups -OCH3 is 2. The molecule has 808 valence electrons. The SMILES string of the molecule is CC(NC(=O)C=CC(=O)O)N1CCCC1=O.CC(NC(=O)C=CC(=O)OC(C)N1CCCC1=O)N1CCCC1=O.CC(OC(=O)C=CC(=O)O)N1CCCC1=O.CC(OC(=O)C=CC(=O)OC(C)N1CCCC1=O)N1CCCC1=O.COC(=O)C=CC(=O)NC(C)N1CCCC1=O.COC(=O)C=CC(=O)OC(C)N1CCCC1=O.O=C(C=CC(=O)OCCCCCCN1CCCC1=O)NCCCCCCN1CCCC1=O. The van der Waals surface area contributed by atoms with Crippen molar-refractivity contribution in [2.45, 2.75) is 285 Å². The number of carboxylic acid groups (broad SMARTS) is 2. The molecule has 14 amide bonds. The molecule has 0 aromatic heterocycles. The minimum Gasteiger partial charge on any atom is -0.478 e. The number of carboxylic acids is 2. The number of likely N-dealkylation sites (tertiary alicyclic amines) is 10. The van der Waals surface area contributed by atoms with Crippen LogP contribution in [0.5, 0.6) is 0 Å². The number of esters is 8. The van der Waals surface area contributed by atoms with E-state index in [0.29, 0.717) is 136 Å². The van der Waals surface area contributed by atoms with Gasteiger partial charge in [-0.15, -0.1) is 0 Å². The van der Waals surface area contributed by atoms with E-state index in [0.717, 1.165) is 209 Å². The fraction of sp³-hybridized carbons (Fsp3) is 0.612. The molecular weight excluding hydrogens is 1920 g/mol. The summed E-state index contributed by atoms with van der Waals surface area (Å²) < 4.78 is 38.9. The zero-order valence-electron chi connectivity index (χ0n) is 84.8. The van der Waals surface area contributed by atoms with Gasteiger partial charge in [-0.3, -0.25) is 67.1 Å². The van der Waals surface area contributed by atoms with Crippen molar-refractivity contribution in [2.75, 3.05) is 106 Å². The summed E-state index contributed by atoms with van der Waals surface area (Å²) in [7, 11) is 2.44. The Labute approximate surface area is 847 Å². The van der Waals surface area contributed by atoms with E-state index < -0.39 is 121 Å². The first kappa shape index (κ1) is 124. The Balaban J connectivity index is 0.000000360. The van der Waals surface area contributed by atoms with E-state index in [1.807, 2.05) is 9.80 Å². The Morgan fingerprint density at radius 2 is 0.479 bits per heavy atom. The summed E-state index contributed by atoms with van der Waals surface area (Å²) in [6.07, 6.45) is 30.2. The van der Waals surface area contributed by atoms with E-state index in [1.54, 1.807) is 70.1 Å². The minimum atomic E-state index is -1.22. The zero-order chi connectivity index (χ0) is 108. The molecule has 48 nitrogen and oxygen atoms in total. The van der Waals surface area contributed by atoms with Gasteiger partial charge in [0.25, 0.3) is 0 Å². The zero-order valence-corrected chi connectivity index (χ0v) is 84.8. The van der Waals surface area contributed by atoms with Crippen molar-refractivity contribution < 1.29 is 163 Å². The van der Waals surface area contributed by atoms with Crippen LogP contribution in [-0.2, 0) is 153 Å². The molecule has 0 aromatic carbocycles.